The van der Waals surface area contributed by atoms with Gasteiger partial charge in [-0.3, -0.25) is 4.98 Å². The van der Waals surface area contributed by atoms with Crippen molar-refractivity contribution in [1.82, 2.24) is 4.98 Å². The lowest BCUT2D eigenvalue weighted by Crippen LogP contribution is -1.92. The number of fused-ring (bicyclic) bond motifs is 5. The number of hydrogen-bond donors (Lipinski definition) is 0. The number of rotatable bonds is 2. The van der Waals surface area contributed by atoms with Crippen LogP contribution in [0, 0.1) is 0 Å². The van der Waals surface area contributed by atoms with Gasteiger partial charge in [-0.1, -0.05) is 66.8 Å². The summed E-state index contributed by atoms with van der Waals surface area (Å²) >= 11 is 0. The first-order valence-electron chi connectivity index (χ1n) is 9.84. The summed E-state index contributed by atoms with van der Waals surface area (Å²) in [5, 5.41) is 2.74. The first kappa shape index (κ1) is 15.6. The largest absolute Gasteiger partial charge is 0.256 e. The van der Waals surface area contributed by atoms with Crippen LogP contribution in [0.15, 0.2) is 91.2 Å². The summed E-state index contributed by atoms with van der Waals surface area (Å²) in [6, 6.07) is 24.1. The third kappa shape index (κ3) is 2.23. The Kier molecular flexibility index (Phi) is 3.36. The van der Waals surface area contributed by atoms with Crippen LogP contribution in [0.3, 0.4) is 0 Å². The molecule has 1 aromatic heterocycles. The molecule has 2 aliphatic carbocycles. The van der Waals surface area contributed by atoms with E-state index in [1.807, 2.05) is 12.3 Å². The molecule has 0 fully saturated rings. The lowest BCUT2D eigenvalue weighted by Gasteiger charge is -2.14. The molecule has 0 aliphatic heterocycles. The maximum absolute atomic E-state index is 4.64. The average Bonchev–Trinajstić information content (AvgIpc) is 3.41. The Hall–Kier alpha value is -3.45. The Morgan fingerprint density at radius 1 is 0.750 bits per heavy atom. The molecule has 1 heterocycles. The first-order valence-corrected chi connectivity index (χ1v) is 9.84. The van der Waals surface area contributed by atoms with E-state index < -0.39 is 0 Å². The van der Waals surface area contributed by atoms with Crippen LogP contribution in [0.1, 0.15) is 23.1 Å². The van der Waals surface area contributed by atoms with Gasteiger partial charge < -0.3 is 0 Å². The molecule has 0 unspecified atom stereocenters. The van der Waals surface area contributed by atoms with E-state index >= 15 is 0 Å². The summed E-state index contributed by atoms with van der Waals surface area (Å²) in [6.45, 7) is 0. The van der Waals surface area contributed by atoms with Crippen LogP contribution in [-0.2, 0) is 6.42 Å². The predicted octanol–water partition coefficient (Wildman–Crippen LogP) is 6.82. The lowest BCUT2D eigenvalue weighted by molar-refractivity contribution is 1.28. The molecule has 1 heteroatoms. The Labute approximate surface area is 164 Å². The lowest BCUT2D eigenvalue weighted by atomic mass is 9.89. The molecule has 0 amide bonds. The highest BCUT2D eigenvalue weighted by molar-refractivity contribution is 6.04. The normalized spacial score (nSPS) is 14.2. The minimum Gasteiger partial charge on any atom is -0.256 e. The molecule has 0 N–H and O–H groups in total. The number of aromatic nitrogens is 1. The van der Waals surface area contributed by atoms with Gasteiger partial charge in [-0.15, -0.1) is 0 Å². The van der Waals surface area contributed by atoms with Gasteiger partial charge in [0.2, 0.25) is 0 Å². The SMILES string of the molecule is C1=CCC(c2cc3c(c4ccccc24)Cc2cccc(-c4ccccn4)c2-3)=C1. The van der Waals surface area contributed by atoms with Crippen molar-refractivity contribution in [3.05, 3.63) is 108 Å². The van der Waals surface area contributed by atoms with Crippen LogP contribution in [0.2, 0.25) is 0 Å². The van der Waals surface area contributed by atoms with Crippen LogP contribution in [0.5, 0.6) is 0 Å². The molecular weight excluding hydrogens is 338 g/mol. The van der Waals surface area contributed by atoms with Crippen molar-refractivity contribution in [2.75, 3.05) is 0 Å². The highest BCUT2D eigenvalue weighted by Gasteiger charge is 2.26. The van der Waals surface area contributed by atoms with Crippen molar-refractivity contribution in [3.63, 3.8) is 0 Å². The molecule has 4 aromatic rings. The minimum absolute atomic E-state index is 0.990. The van der Waals surface area contributed by atoms with Crippen molar-refractivity contribution < 1.29 is 0 Å². The molecule has 0 spiro atoms. The Bertz CT molecular complexity index is 1290. The van der Waals surface area contributed by atoms with Crippen LogP contribution >= 0.6 is 0 Å². The third-order valence-electron chi connectivity index (χ3n) is 6.00. The van der Waals surface area contributed by atoms with Gasteiger partial charge in [-0.25, -0.2) is 0 Å². The molecule has 3 aromatic carbocycles. The molecule has 0 radical (unpaired) electrons. The van der Waals surface area contributed by atoms with E-state index in [-0.39, 0.29) is 0 Å². The Morgan fingerprint density at radius 2 is 1.64 bits per heavy atom. The van der Waals surface area contributed by atoms with Gasteiger partial charge in [-0.05, 0) is 75.2 Å². The number of nitrogens with zero attached hydrogens (tertiary/aromatic N) is 1. The molecule has 0 bridgehead atoms. The fourth-order valence-corrected chi connectivity index (χ4v) is 4.75. The zero-order chi connectivity index (χ0) is 18.5. The maximum atomic E-state index is 4.64. The summed E-state index contributed by atoms with van der Waals surface area (Å²) in [7, 11) is 0. The summed E-state index contributed by atoms with van der Waals surface area (Å²) < 4.78 is 0. The van der Waals surface area contributed by atoms with E-state index in [2.05, 4.69) is 83.9 Å². The number of allylic oxidation sites excluding steroid dienone is 4. The van der Waals surface area contributed by atoms with Crippen molar-refractivity contribution in [2.45, 2.75) is 12.8 Å². The molecule has 6 rings (SSSR count). The standard InChI is InChI=1S/C27H19N/c1-2-9-18(8-1)23-17-25-24(21-12-4-3-11-20(21)23)16-19-10-7-13-22(27(19)25)26-14-5-6-15-28-26/h1-8,10-15,17H,9,16H2. The van der Waals surface area contributed by atoms with E-state index in [9.17, 15) is 0 Å². The summed E-state index contributed by atoms with van der Waals surface area (Å²) in [6.07, 6.45) is 10.6. The first-order chi connectivity index (χ1) is 13.9. The van der Waals surface area contributed by atoms with Gasteiger partial charge in [0, 0.05) is 11.8 Å². The summed E-state index contributed by atoms with van der Waals surface area (Å²) in [5.41, 5.74) is 10.6. The smallest absolute Gasteiger partial charge is 0.0708 e. The van der Waals surface area contributed by atoms with Gasteiger partial charge in [0.05, 0.1) is 5.69 Å². The molecule has 0 saturated heterocycles. The Balaban J connectivity index is 1.68. The molecule has 0 atom stereocenters. The zero-order valence-corrected chi connectivity index (χ0v) is 15.5. The highest BCUT2D eigenvalue weighted by atomic mass is 14.7. The minimum atomic E-state index is 0.990. The fraction of sp³-hybridized carbons (Fsp3) is 0.0741. The third-order valence-corrected chi connectivity index (χ3v) is 6.00. The monoisotopic (exact) mass is 357 g/mol. The van der Waals surface area contributed by atoms with Gasteiger partial charge in [-0.2, -0.15) is 0 Å². The molecule has 0 saturated carbocycles. The van der Waals surface area contributed by atoms with E-state index in [0.29, 0.717) is 0 Å². The highest BCUT2D eigenvalue weighted by Crippen LogP contribution is 2.47. The zero-order valence-electron chi connectivity index (χ0n) is 15.5. The average molecular weight is 357 g/mol. The number of pyridine rings is 1. The second-order valence-corrected chi connectivity index (χ2v) is 7.55. The maximum Gasteiger partial charge on any atom is 0.0708 e. The van der Waals surface area contributed by atoms with E-state index in [0.717, 1.165) is 18.5 Å². The number of benzene rings is 3. The Morgan fingerprint density at radius 3 is 2.46 bits per heavy atom. The molecular formula is C27H19N. The second kappa shape index (κ2) is 6.03. The van der Waals surface area contributed by atoms with E-state index in [1.54, 1.807) is 0 Å². The van der Waals surface area contributed by atoms with Gasteiger partial charge in [0.25, 0.3) is 0 Å². The quantitative estimate of drug-likeness (QED) is 0.338. The second-order valence-electron chi connectivity index (χ2n) is 7.55. The van der Waals surface area contributed by atoms with Gasteiger partial charge in [0.15, 0.2) is 0 Å². The molecule has 132 valence electrons. The van der Waals surface area contributed by atoms with Gasteiger partial charge >= 0.3 is 0 Å². The van der Waals surface area contributed by atoms with Gasteiger partial charge in [0.1, 0.15) is 0 Å². The summed E-state index contributed by atoms with van der Waals surface area (Å²) in [5.74, 6) is 0. The van der Waals surface area contributed by atoms with Crippen molar-refractivity contribution in [1.29, 1.82) is 0 Å². The summed E-state index contributed by atoms with van der Waals surface area (Å²) in [4.78, 5) is 4.64. The molecule has 1 nitrogen and oxygen atoms in total. The molecule has 28 heavy (non-hydrogen) atoms. The van der Waals surface area contributed by atoms with Crippen LogP contribution in [0.25, 0.3) is 38.7 Å². The van der Waals surface area contributed by atoms with Crippen LogP contribution in [0.4, 0.5) is 0 Å². The fourth-order valence-electron chi connectivity index (χ4n) is 4.75. The number of hydrogen-bond acceptors (Lipinski definition) is 1. The predicted molar refractivity (Wildman–Crippen MR) is 117 cm³/mol. The van der Waals surface area contributed by atoms with Crippen molar-refractivity contribution in [3.8, 4) is 22.4 Å². The van der Waals surface area contributed by atoms with E-state index in [1.165, 1.54) is 49.7 Å². The van der Waals surface area contributed by atoms with Crippen LogP contribution < -0.4 is 0 Å². The van der Waals surface area contributed by atoms with Crippen molar-refractivity contribution in [2.24, 2.45) is 0 Å². The van der Waals surface area contributed by atoms with E-state index in [4.69, 9.17) is 0 Å². The van der Waals surface area contributed by atoms with Crippen molar-refractivity contribution >= 4 is 16.3 Å². The topological polar surface area (TPSA) is 12.9 Å². The van der Waals surface area contributed by atoms with Crippen LogP contribution in [-0.4, -0.2) is 4.98 Å². The molecule has 2 aliphatic rings.